The largest absolute Gasteiger partial charge is 0.419 e. The summed E-state index contributed by atoms with van der Waals surface area (Å²) >= 11 is 0. The van der Waals surface area contributed by atoms with Crippen molar-refractivity contribution in [1.29, 1.82) is 0 Å². The quantitative estimate of drug-likeness (QED) is 0.533. The van der Waals surface area contributed by atoms with Crippen LogP contribution in [0.15, 0.2) is 70.5 Å². The van der Waals surface area contributed by atoms with Crippen molar-refractivity contribution in [2.45, 2.75) is 25.9 Å². The van der Waals surface area contributed by atoms with Crippen LogP contribution in [0.1, 0.15) is 18.4 Å². The van der Waals surface area contributed by atoms with Gasteiger partial charge in [-0.2, -0.15) is 0 Å². The van der Waals surface area contributed by atoms with Crippen LogP contribution in [-0.4, -0.2) is 25.0 Å². The van der Waals surface area contributed by atoms with Gasteiger partial charge in [-0.25, -0.2) is 14.8 Å². The first kappa shape index (κ1) is 17.7. The van der Waals surface area contributed by atoms with Gasteiger partial charge in [0.15, 0.2) is 5.58 Å². The molecule has 1 N–H and O–H groups in total. The standard InChI is InChI=1S/C20H19N5O3/c26-19(6-3-10-25-16-4-1-2-5-17(16)28-20(25)27)23-13-15-7-8-22-18(12-15)24-11-9-21-14-24/h1-2,4-5,7-9,11-12,14H,3,6,10,13H2,(H,23,26). The molecule has 0 radical (unpaired) electrons. The Morgan fingerprint density at radius 1 is 1.18 bits per heavy atom. The molecule has 8 nitrogen and oxygen atoms in total. The van der Waals surface area contributed by atoms with Gasteiger partial charge in [-0.15, -0.1) is 0 Å². The summed E-state index contributed by atoms with van der Waals surface area (Å²) in [6.07, 6.45) is 7.74. The number of nitrogens with zero attached hydrogens (tertiary/aromatic N) is 4. The maximum absolute atomic E-state index is 12.2. The second-order valence-electron chi connectivity index (χ2n) is 6.36. The van der Waals surface area contributed by atoms with E-state index in [0.29, 0.717) is 31.5 Å². The molecule has 8 heteroatoms. The van der Waals surface area contributed by atoms with Crippen LogP contribution >= 0.6 is 0 Å². The summed E-state index contributed by atoms with van der Waals surface area (Å²) < 4.78 is 8.56. The van der Waals surface area contributed by atoms with E-state index in [1.54, 1.807) is 33.9 Å². The highest BCUT2D eigenvalue weighted by Crippen LogP contribution is 2.12. The lowest BCUT2D eigenvalue weighted by Crippen LogP contribution is -2.23. The van der Waals surface area contributed by atoms with E-state index in [9.17, 15) is 9.59 Å². The minimum Gasteiger partial charge on any atom is -0.408 e. The van der Waals surface area contributed by atoms with Crippen LogP contribution in [-0.2, 0) is 17.9 Å². The third kappa shape index (κ3) is 3.85. The molecule has 1 aromatic carbocycles. The smallest absolute Gasteiger partial charge is 0.408 e. The number of rotatable bonds is 7. The molecule has 0 unspecified atom stereocenters. The highest BCUT2D eigenvalue weighted by Gasteiger charge is 2.09. The molecule has 4 rings (SSSR count). The second-order valence-corrected chi connectivity index (χ2v) is 6.36. The van der Waals surface area contributed by atoms with Gasteiger partial charge >= 0.3 is 5.76 Å². The fourth-order valence-electron chi connectivity index (χ4n) is 3.02. The molecule has 0 aliphatic rings. The van der Waals surface area contributed by atoms with Crippen molar-refractivity contribution in [2.24, 2.45) is 0 Å². The number of aryl methyl sites for hydroxylation is 1. The highest BCUT2D eigenvalue weighted by atomic mass is 16.4. The van der Waals surface area contributed by atoms with Crippen molar-refractivity contribution in [3.63, 3.8) is 0 Å². The molecule has 4 aromatic rings. The third-order valence-corrected chi connectivity index (χ3v) is 4.43. The number of oxazole rings is 1. The molecule has 0 atom stereocenters. The molecule has 3 aromatic heterocycles. The zero-order chi connectivity index (χ0) is 19.3. The van der Waals surface area contributed by atoms with E-state index in [2.05, 4.69) is 15.3 Å². The number of benzene rings is 1. The topological polar surface area (TPSA) is 95.0 Å². The van der Waals surface area contributed by atoms with E-state index in [-0.39, 0.29) is 5.91 Å². The highest BCUT2D eigenvalue weighted by molar-refractivity contribution is 5.76. The normalized spacial score (nSPS) is 11.0. The molecule has 0 aliphatic carbocycles. The summed E-state index contributed by atoms with van der Waals surface area (Å²) in [5.74, 6) is 0.280. The third-order valence-electron chi connectivity index (χ3n) is 4.43. The summed E-state index contributed by atoms with van der Waals surface area (Å²) in [7, 11) is 0. The van der Waals surface area contributed by atoms with Gasteiger partial charge in [0.2, 0.25) is 5.91 Å². The number of para-hydroxylation sites is 2. The number of aromatic nitrogens is 4. The van der Waals surface area contributed by atoms with E-state index in [1.165, 1.54) is 0 Å². The number of carbonyl (C=O) groups is 1. The number of nitrogens with one attached hydrogen (secondary N) is 1. The minimum atomic E-state index is -0.398. The number of hydrogen-bond acceptors (Lipinski definition) is 5. The summed E-state index contributed by atoms with van der Waals surface area (Å²) in [5.41, 5.74) is 2.25. The lowest BCUT2D eigenvalue weighted by atomic mass is 10.2. The molecule has 0 saturated carbocycles. The molecular formula is C20H19N5O3. The average molecular weight is 377 g/mol. The van der Waals surface area contributed by atoms with Crippen molar-refractivity contribution in [2.75, 3.05) is 0 Å². The fraction of sp³-hybridized carbons (Fsp3) is 0.200. The van der Waals surface area contributed by atoms with E-state index >= 15 is 0 Å². The molecular weight excluding hydrogens is 358 g/mol. The summed E-state index contributed by atoms with van der Waals surface area (Å²) in [6, 6.07) is 11.0. The van der Waals surface area contributed by atoms with Gasteiger partial charge in [-0.3, -0.25) is 13.9 Å². The Bertz CT molecular complexity index is 1140. The van der Waals surface area contributed by atoms with Crippen molar-refractivity contribution in [3.8, 4) is 5.82 Å². The maximum atomic E-state index is 12.2. The molecule has 28 heavy (non-hydrogen) atoms. The van der Waals surface area contributed by atoms with Gasteiger partial charge in [0.05, 0.1) is 5.52 Å². The SMILES string of the molecule is O=C(CCCn1c(=O)oc2ccccc21)NCc1ccnc(-n2ccnc2)c1. The first-order valence-electron chi connectivity index (χ1n) is 8.99. The van der Waals surface area contributed by atoms with Crippen LogP contribution in [0.4, 0.5) is 0 Å². The predicted molar refractivity (Wildman–Crippen MR) is 103 cm³/mol. The molecule has 0 fully saturated rings. The zero-order valence-electron chi connectivity index (χ0n) is 15.1. The van der Waals surface area contributed by atoms with Gasteiger partial charge in [0.25, 0.3) is 0 Å². The molecule has 0 saturated heterocycles. The van der Waals surface area contributed by atoms with E-state index < -0.39 is 5.76 Å². The second kappa shape index (κ2) is 7.91. The monoisotopic (exact) mass is 377 g/mol. The Morgan fingerprint density at radius 2 is 2.07 bits per heavy atom. The maximum Gasteiger partial charge on any atom is 0.419 e. The fourth-order valence-corrected chi connectivity index (χ4v) is 3.02. The Kier molecular flexibility index (Phi) is 5.01. The Morgan fingerprint density at radius 3 is 2.93 bits per heavy atom. The number of pyridine rings is 1. The van der Waals surface area contributed by atoms with Crippen LogP contribution < -0.4 is 11.1 Å². The average Bonchev–Trinajstić information content (AvgIpc) is 3.35. The number of imidazole rings is 1. The van der Waals surface area contributed by atoms with Crippen molar-refractivity contribution < 1.29 is 9.21 Å². The van der Waals surface area contributed by atoms with Gasteiger partial charge in [0.1, 0.15) is 12.1 Å². The Balaban J connectivity index is 1.30. The number of hydrogen-bond donors (Lipinski definition) is 1. The van der Waals surface area contributed by atoms with Crippen molar-refractivity contribution >= 4 is 17.0 Å². The van der Waals surface area contributed by atoms with Gasteiger partial charge in [-0.05, 0) is 36.2 Å². The molecule has 1 amide bonds. The molecule has 3 heterocycles. The van der Waals surface area contributed by atoms with Gasteiger partial charge in [0, 0.05) is 38.1 Å². The zero-order valence-corrected chi connectivity index (χ0v) is 15.1. The Labute approximate surface area is 160 Å². The van der Waals surface area contributed by atoms with Crippen LogP contribution in [0.25, 0.3) is 16.9 Å². The van der Waals surface area contributed by atoms with Crippen LogP contribution in [0.5, 0.6) is 0 Å². The summed E-state index contributed by atoms with van der Waals surface area (Å²) in [4.78, 5) is 32.4. The van der Waals surface area contributed by atoms with Crippen molar-refractivity contribution in [3.05, 3.63) is 77.4 Å². The summed E-state index contributed by atoms with van der Waals surface area (Å²) in [5, 5.41) is 2.90. The lowest BCUT2D eigenvalue weighted by Gasteiger charge is -2.07. The van der Waals surface area contributed by atoms with E-state index in [1.807, 2.05) is 36.5 Å². The van der Waals surface area contributed by atoms with Gasteiger partial charge < -0.3 is 9.73 Å². The molecule has 0 bridgehead atoms. The van der Waals surface area contributed by atoms with Crippen LogP contribution in [0, 0.1) is 0 Å². The minimum absolute atomic E-state index is 0.0677. The Hall–Kier alpha value is -3.68. The lowest BCUT2D eigenvalue weighted by molar-refractivity contribution is -0.121. The van der Waals surface area contributed by atoms with E-state index in [0.717, 1.165) is 16.9 Å². The molecule has 0 spiro atoms. The van der Waals surface area contributed by atoms with Crippen LogP contribution in [0.3, 0.4) is 0 Å². The first-order chi connectivity index (χ1) is 13.7. The molecule has 142 valence electrons. The van der Waals surface area contributed by atoms with Crippen molar-refractivity contribution in [1.82, 2.24) is 24.4 Å². The number of carbonyl (C=O) groups excluding carboxylic acids is 1. The predicted octanol–water partition coefficient (Wildman–Crippen LogP) is 2.27. The van der Waals surface area contributed by atoms with Crippen LogP contribution in [0.2, 0.25) is 0 Å². The van der Waals surface area contributed by atoms with E-state index in [4.69, 9.17) is 4.42 Å². The summed E-state index contributed by atoms with van der Waals surface area (Å²) in [6.45, 7) is 0.848. The number of amides is 1. The number of fused-ring (bicyclic) bond motifs is 1. The van der Waals surface area contributed by atoms with Gasteiger partial charge in [-0.1, -0.05) is 12.1 Å². The molecule has 0 aliphatic heterocycles. The first-order valence-corrected chi connectivity index (χ1v) is 8.99.